The van der Waals surface area contributed by atoms with E-state index in [0.29, 0.717) is 31.8 Å². The minimum atomic E-state index is -1.00. The molecule has 4 rings (SSSR count). The molecule has 4 heterocycles. The van der Waals surface area contributed by atoms with Crippen molar-refractivity contribution < 1.29 is 34.0 Å². The predicted octanol–water partition coefficient (Wildman–Crippen LogP) is 3.94. The molecule has 7 nitrogen and oxygen atoms in total. The summed E-state index contributed by atoms with van der Waals surface area (Å²) in [4.78, 5) is 12.6. The molecule has 9 atom stereocenters. The van der Waals surface area contributed by atoms with Crippen molar-refractivity contribution in [2.24, 2.45) is 5.92 Å². The summed E-state index contributed by atoms with van der Waals surface area (Å²) in [7, 11) is 0. The Morgan fingerprint density at radius 2 is 2.03 bits per heavy atom. The Balaban J connectivity index is 1.42. The summed E-state index contributed by atoms with van der Waals surface area (Å²) in [5.41, 5.74) is 0.997. The summed E-state index contributed by atoms with van der Waals surface area (Å²) in [6.45, 7) is 7.04. The topological polar surface area (TPSA) is 97.8 Å². The van der Waals surface area contributed by atoms with Crippen LogP contribution in [0.2, 0.25) is 0 Å². The van der Waals surface area contributed by atoms with Crippen molar-refractivity contribution in [1.29, 1.82) is 0 Å². The fourth-order valence-corrected chi connectivity index (χ4v) is 5.30. The molecule has 0 aromatic rings. The molecular weight excluding hydrogens is 460 g/mol. The van der Waals surface area contributed by atoms with Crippen molar-refractivity contribution in [3.05, 3.63) is 48.6 Å². The van der Waals surface area contributed by atoms with Crippen LogP contribution in [0.3, 0.4) is 0 Å². The van der Waals surface area contributed by atoms with Crippen molar-refractivity contribution in [3.63, 3.8) is 0 Å². The highest BCUT2D eigenvalue weighted by Gasteiger charge is 2.46. The third kappa shape index (κ3) is 8.38. The van der Waals surface area contributed by atoms with Gasteiger partial charge in [-0.3, -0.25) is 0 Å². The smallest absolute Gasteiger partial charge is 0.330 e. The minimum Gasteiger partial charge on any atom is -0.456 e. The van der Waals surface area contributed by atoms with E-state index in [1.165, 1.54) is 6.08 Å². The lowest BCUT2D eigenvalue weighted by Gasteiger charge is -2.26. The monoisotopic (exact) mass is 502 g/mol. The van der Waals surface area contributed by atoms with Crippen LogP contribution < -0.4 is 0 Å². The summed E-state index contributed by atoms with van der Waals surface area (Å²) in [5.74, 6) is 0.0540. The van der Waals surface area contributed by atoms with Crippen LogP contribution in [0.25, 0.3) is 0 Å². The average molecular weight is 503 g/mol. The summed E-state index contributed by atoms with van der Waals surface area (Å²) in [5, 5.41) is 21.6. The van der Waals surface area contributed by atoms with E-state index < -0.39 is 24.3 Å². The number of hydrogen-bond acceptors (Lipinski definition) is 7. The van der Waals surface area contributed by atoms with Crippen LogP contribution in [0, 0.1) is 5.92 Å². The zero-order valence-corrected chi connectivity index (χ0v) is 21.4. The van der Waals surface area contributed by atoms with Crippen LogP contribution in [0.1, 0.15) is 64.7 Å². The average Bonchev–Trinajstić information content (AvgIpc) is 3.61. The number of rotatable bonds is 3. The van der Waals surface area contributed by atoms with Crippen molar-refractivity contribution in [3.8, 4) is 0 Å². The second kappa shape index (κ2) is 13.2. The van der Waals surface area contributed by atoms with Crippen molar-refractivity contribution in [2.45, 2.75) is 114 Å². The molecule has 0 spiro atoms. The van der Waals surface area contributed by atoms with Gasteiger partial charge in [0.25, 0.3) is 0 Å². The summed E-state index contributed by atoms with van der Waals surface area (Å²) < 4.78 is 23.3. The zero-order chi connectivity index (χ0) is 25.5. The molecule has 0 aromatic carbocycles. The van der Waals surface area contributed by atoms with Crippen molar-refractivity contribution in [1.82, 2.24) is 0 Å². The molecule has 2 bridgehead atoms. The van der Waals surface area contributed by atoms with Gasteiger partial charge in [-0.15, -0.1) is 0 Å². The number of ether oxygens (including phenoxy) is 4. The van der Waals surface area contributed by atoms with Crippen molar-refractivity contribution >= 4 is 5.97 Å². The highest BCUT2D eigenvalue weighted by Crippen LogP contribution is 2.34. The molecule has 0 saturated carbocycles. The molecule has 2 fully saturated rings. The van der Waals surface area contributed by atoms with Crippen LogP contribution in [-0.4, -0.2) is 71.6 Å². The normalized spacial score (nSPS) is 39.6. The number of hydrogen-bond donors (Lipinski definition) is 2. The molecule has 4 aliphatic heterocycles. The lowest BCUT2D eigenvalue weighted by Crippen LogP contribution is -2.32. The molecule has 3 unspecified atom stereocenters. The van der Waals surface area contributed by atoms with Crippen LogP contribution in [0.5, 0.6) is 0 Å². The first kappa shape index (κ1) is 27.3. The SMILES string of the molecule is C=C1CCC[C@@H]2CC=C[C@@H](CC=CC(=O)OC([C@@H](O)C=CC3CC(C)CCO3)C[C@@H]3O[C@H]3[C@@H](O)C1)O2. The highest BCUT2D eigenvalue weighted by molar-refractivity contribution is 5.82. The maximum absolute atomic E-state index is 12.6. The van der Waals surface area contributed by atoms with Gasteiger partial charge in [-0.1, -0.05) is 49.5 Å². The number of epoxide rings is 1. The molecule has 0 aliphatic carbocycles. The van der Waals surface area contributed by atoms with Gasteiger partial charge in [-0.05, 0) is 57.3 Å². The first-order valence-corrected chi connectivity index (χ1v) is 13.5. The number of carbonyl (C=O) groups excluding carboxylic acids is 1. The molecule has 2 saturated heterocycles. The zero-order valence-electron chi connectivity index (χ0n) is 21.4. The number of carbonyl (C=O) groups is 1. The number of fused-ring (bicyclic) bond motifs is 3. The number of aliphatic hydroxyl groups excluding tert-OH is 2. The van der Waals surface area contributed by atoms with Crippen LogP contribution in [0.4, 0.5) is 0 Å². The maximum atomic E-state index is 12.6. The fraction of sp³-hybridized carbons (Fsp3) is 0.690. The Kier molecular flexibility index (Phi) is 9.96. The Morgan fingerprint density at radius 3 is 2.86 bits per heavy atom. The van der Waals surface area contributed by atoms with E-state index >= 15 is 0 Å². The fourth-order valence-electron chi connectivity index (χ4n) is 5.30. The number of aliphatic hydroxyl groups is 2. The van der Waals surface area contributed by atoms with E-state index in [4.69, 9.17) is 18.9 Å². The lowest BCUT2D eigenvalue weighted by atomic mass is 9.96. The summed E-state index contributed by atoms with van der Waals surface area (Å²) >= 11 is 0. The standard InChI is InChI=1S/C29H42O7/c1-19-6-3-7-21-8-4-9-22(34-21)10-5-11-28(32)35-26(18-27-29(36-27)25(31)17-19)24(30)13-12-23-16-20(2)14-15-33-23/h4-5,9,11-13,20-27,29-31H,1,3,6-8,10,14-18H2,2H3/t20?,21-,22+,23?,24+,25+,26?,27+,29+/m1/s1. The Hall–Kier alpha value is -1.77. The molecular formula is C29H42O7. The molecule has 2 N–H and O–H groups in total. The minimum absolute atomic E-state index is 0.0525. The van der Waals surface area contributed by atoms with Gasteiger partial charge in [0.05, 0.1) is 30.5 Å². The molecule has 0 amide bonds. The van der Waals surface area contributed by atoms with E-state index in [1.807, 2.05) is 12.2 Å². The summed E-state index contributed by atoms with van der Waals surface area (Å²) in [6, 6.07) is 0. The molecule has 0 aromatic heterocycles. The van der Waals surface area contributed by atoms with E-state index in [9.17, 15) is 15.0 Å². The molecule has 0 radical (unpaired) electrons. The second-order valence-electron chi connectivity index (χ2n) is 10.8. The number of cyclic esters (lactones) is 1. The van der Waals surface area contributed by atoms with E-state index in [1.54, 1.807) is 12.2 Å². The molecule has 7 heteroatoms. The van der Waals surface area contributed by atoms with Gasteiger partial charge in [0, 0.05) is 19.1 Å². The van der Waals surface area contributed by atoms with Gasteiger partial charge in [0.1, 0.15) is 18.3 Å². The van der Waals surface area contributed by atoms with Crippen LogP contribution >= 0.6 is 0 Å². The van der Waals surface area contributed by atoms with Gasteiger partial charge in [-0.25, -0.2) is 4.79 Å². The Labute approximate surface area is 214 Å². The Bertz CT molecular complexity index is 833. The third-order valence-corrected chi connectivity index (χ3v) is 7.51. The second-order valence-corrected chi connectivity index (χ2v) is 10.8. The first-order valence-electron chi connectivity index (χ1n) is 13.5. The van der Waals surface area contributed by atoms with Gasteiger partial charge >= 0.3 is 5.97 Å². The molecule has 4 aliphatic rings. The van der Waals surface area contributed by atoms with Gasteiger partial charge < -0.3 is 29.2 Å². The lowest BCUT2D eigenvalue weighted by molar-refractivity contribution is -0.148. The van der Waals surface area contributed by atoms with Gasteiger partial charge in [0.15, 0.2) is 0 Å². The predicted molar refractivity (Wildman–Crippen MR) is 136 cm³/mol. The van der Waals surface area contributed by atoms with Crippen molar-refractivity contribution in [2.75, 3.05) is 6.61 Å². The maximum Gasteiger partial charge on any atom is 0.330 e. The number of esters is 1. The van der Waals surface area contributed by atoms with Gasteiger partial charge in [-0.2, -0.15) is 0 Å². The third-order valence-electron chi connectivity index (χ3n) is 7.51. The Morgan fingerprint density at radius 1 is 1.17 bits per heavy atom. The van der Waals surface area contributed by atoms with Crippen LogP contribution in [-0.2, 0) is 23.7 Å². The van der Waals surface area contributed by atoms with Crippen LogP contribution in [0.15, 0.2) is 48.6 Å². The summed E-state index contributed by atoms with van der Waals surface area (Å²) in [6.07, 6.45) is 14.7. The van der Waals surface area contributed by atoms with E-state index in [-0.39, 0.29) is 30.5 Å². The van der Waals surface area contributed by atoms with E-state index in [0.717, 1.165) is 44.1 Å². The first-order chi connectivity index (χ1) is 17.4. The molecule has 36 heavy (non-hydrogen) atoms. The van der Waals surface area contributed by atoms with E-state index in [2.05, 4.69) is 19.6 Å². The van der Waals surface area contributed by atoms with Gasteiger partial charge in [0.2, 0.25) is 0 Å². The largest absolute Gasteiger partial charge is 0.456 e. The quantitative estimate of drug-likeness (QED) is 0.343. The molecule has 200 valence electrons. The highest BCUT2D eigenvalue weighted by atomic mass is 16.6.